The van der Waals surface area contributed by atoms with E-state index in [4.69, 9.17) is 5.73 Å². The monoisotopic (exact) mass is 530 g/mol. The summed E-state index contributed by atoms with van der Waals surface area (Å²) in [6.07, 6.45) is -2.13. The second kappa shape index (κ2) is 9.58. The van der Waals surface area contributed by atoms with Crippen molar-refractivity contribution in [3.05, 3.63) is 33.6 Å². The molecular formula is C24H27F5N4O4. The lowest BCUT2D eigenvalue weighted by molar-refractivity contribution is -0.172. The molecule has 1 saturated heterocycles. The van der Waals surface area contributed by atoms with Crippen molar-refractivity contribution in [2.24, 2.45) is 11.8 Å². The number of nitrogen functional groups attached to an aromatic ring is 1. The highest BCUT2D eigenvalue weighted by molar-refractivity contribution is 5.99. The number of ketones is 1. The van der Waals surface area contributed by atoms with Crippen LogP contribution in [0.25, 0.3) is 10.9 Å². The number of pyridine rings is 1. The van der Waals surface area contributed by atoms with Crippen LogP contribution in [-0.2, 0) is 4.79 Å². The van der Waals surface area contributed by atoms with E-state index in [2.05, 4.69) is 5.32 Å². The lowest BCUT2D eigenvalue weighted by Gasteiger charge is -2.24. The number of fused-ring (bicyclic) bond motifs is 1. The third-order valence-corrected chi connectivity index (χ3v) is 7.31. The number of nitrogens with one attached hydrogen (secondary N) is 1. The number of anilines is 2. The van der Waals surface area contributed by atoms with Crippen molar-refractivity contribution < 1.29 is 36.6 Å². The number of rotatable bonds is 8. The van der Waals surface area contributed by atoms with E-state index < -0.39 is 63.4 Å². The number of benzene rings is 1. The summed E-state index contributed by atoms with van der Waals surface area (Å²) >= 11 is 0. The van der Waals surface area contributed by atoms with Crippen LogP contribution in [0.3, 0.4) is 0 Å². The Hall–Kier alpha value is -3.22. The van der Waals surface area contributed by atoms with Gasteiger partial charge in [-0.1, -0.05) is 13.3 Å². The van der Waals surface area contributed by atoms with E-state index >= 15 is 8.78 Å². The smallest absolute Gasteiger partial charge is 0.451 e. The largest absolute Gasteiger partial charge is 0.477 e. The standard InChI is InChI=1S/C24H27F5N4O4/c1-3-11-7-32(8-12(11)6-31-10(2)22(35)24(27,28)29)20-16(25)18(30)15-19(17(20)26)33(13-4-5-13)9-14(21(15)34)23(36)37/h9-13,31H,3-8,30H2,1-2H3,(H,36,37)/t10?,11-,12+/m1/s1. The van der Waals surface area contributed by atoms with Crippen LogP contribution in [-0.4, -0.2) is 53.3 Å². The number of aromatic nitrogens is 1. The van der Waals surface area contributed by atoms with Crippen LogP contribution in [0.1, 0.15) is 49.5 Å². The van der Waals surface area contributed by atoms with Crippen LogP contribution in [0.2, 0.25) is 0 Å². The molecule has 1 aliphatic carbocycles. The van der Waals surface area contributed by atoms with Gasteiger partial charge in [0.1, 0.15) is 11.3 Å². The van der Waals surface area contributed by atoms with E-state index in [1.165, 1.54) is 9.47 Å². The van der Waals surface area contributed by atoms with Crippen molar-refractivity contribution in [3.63, 3.8) is 0 Å². The third kappa shape index (κ3) is 4.76. The van der Waals surface area contributed by atoms with Gasteiger partial charge in [-0.05, 0) is 31.6 Å². The molecule has 1 saturated carbocycles. The van der Waals surface area contributed by atoms with E-state index in [1.54, 1.807) is 0 Å². The molecule has 2 aromatic rings. The molecule has 4 N–H and O–H groups in total. The molecule has 2 aliphatic rings. The molecule has 2 heterocycles. The maximum atomic E-state index is 16.0. The molecule has 1 aromatic carbocycles. The number of carboxylic acid groups (broad SMARTS) is 1. The number of nitrogens with two attached hydrogens (primary N) is 1. The fourth-order valence-corrected chi connectivity index (χ4v) is 5.10. The quantitative estimate of drug-likeness (QED) is 0.354. The topological polar surface area (TPSA) is 118 Å². The molecule has 1 unspecified atom stereocenters. The predicted molar refractivity (Wildman–Crippen MR) is 126 cm³/mol. The molecule has 2 fully saturated rings. The van der Waals surface area contributed by atoms with E-state index in [0.29, 0.717) is 19.3 Å². The Bertz CT molecular complexity index is 1320. The van der Waals surface area contributed by atoms with Crippen LogP contribution >= 0.6 is 0 Å². The van der Waals surface area contributed by atoms with Gasteiger partial charge in [0.05, 0.1) is 22.6 Å². The predicted octanol–water partition coefficient (Wildman–Crippen LogP) is 3.47. The van der Waals surface area contributed by atoms with Gasteiger partial charge in [0.2, 0.25) is 5.43 Å². The van der Waals surface area contributed by atoms with E-state index in [9.17, 15) is 32.7 Å². The van der Waals surface area contributed by atoms with Gasteiger partial charge in [-0.3, -0.25) is 9.59 Å². The van der Waals surface area contributed by atoms with E-state index in [1.807, 2.05) is 6.92 Å². The number of hydrogen-bond donors (Lipinski definition) is 3. The molecule has 0 bridgehead atoms. The van der Waals surface area contributed by atoms with Crippen LogP contribution in [0.15, 0.2) is 11.0 Å². The first kappa shape index (κ1) is 26.8. The Morgan fingerprint density at radius 1 is 1.19 bits per heavy atom. The first-order valence-corrected chi connectivity index (χ1v) is 12.0. The van der Waals surface area contributed by atoms with Crippen LogP contribution < -0.4 is 21.4 Å². The number of carbonyl (C=O) groups excluding carboxylic acids is 1. The minimum atomic E-state index is -4.98. The maximum Gasteiger partial charge on any atom is 0.451 e. The number of alkyl halides is 3. The minimum absolute atomic E-state index is 0.0129. The average Bonchev–Trinajstić information content (AvgIpc) is 3.59. The summed E-state index contributed by atoms with van der Waals surface area (Å²) in [5.74, 6) is -6.18. The number of carboxylic acids is 1. The van der Waals surface area contributed by atoms with Gasteiger partial charge in [0.15, 0.2) is 11.6 Å². The summed E-state index contributed by atoms with van der Waals surface area (Å²) in [6, 6.07) is -1.74. The molecule has 1 aliphatic heterocycles. The average molecular weight is 530 g/mol. The summed E-state index contributed by atoms with van der Waals surface area (Å²) in [5.41, 5.74) is 2.83. The first-order chi connectivity index (χ1) is 17.3. The molecule has 0 amide bonds. The molecule has 3 atom stereocenters. The molecular weight excluding hydrogens is 503 g/mol. The Kier molecular flexibility index (Phi) is 6.95. The molecule has 0 spiro atoms. The number of halogens is 5. The zero-order valence-electron chi connectivity index (χ0n) is 20.2. The van der Waals surface area contributed by atoms with Crippen molar-refractivity contribution in [1.29, 1.82) is 0 Å². The van der Waals surface area contributed by atoms with Crippen molar-refractivity contribution in [2.45, 2.75) is 51.4 Å². The van der Waals surface area contributed by atoms with Gasteiger partial charge in [0.25, 0.3) is 5.78 Å². The summed E-state index contributed by atoms with van der Waals surface area (Å²) in [4.78, 5) is 37.3. The van der Waals surface area contributed by atoms with E-state index in [0.717, 1.165) is 13.1 Å². The summed E-state index contributed by atoms with van der Waals surface area (Å²) in [7, 11) is 0. The van der Waals surface area contributed by atoms with E-state index in [-0.39, 0.29) is 43.0 Å². The lowest BCUT2D eigenvalue weighted by Crippen LogP contribution is -2.44. The third-order valence-electron chi connectivity index (χ3n) is 7.31. The molecule has 8 nitrogen and oxygen atoms in total. The summed E-state index contributed by atoms with van der Waals surface area (Å²) < 4.78 is 71.0. The van der Waals surface area contributed by atoms with Gasteiger partial charge < -0.3 is 25.6 Å². The van der Waals surface area contributed by atoms with Crippen molar-refractivity contribution >= 4 is 34.0 Å². The normalized spacial score (nSPS) is 21.0. The molecule has 13 heteroatoms. The molecule has 1 aromatic heterocycles. The van der Waals surface area contributed by atoms with Gasteiger partial charge in [-0.25, -0.2) is 13.6 Å². The van der Waals surface area contributed by atoms with Crippen molar-refractivity contribution in [2.75, 3.05) is 30.3 Å². The minimum Gasteiger partial charge on any atom is -0.477 e. The number of aromatic carboxylic acids is 1. The second-order valence-corrected chi connectivity index (χ2v) is 9.75. The van der Waals surface area contributed by atoms with Gasteiger partial charge in [-0.15, -0.1) is 0 Å². The molecule has 0 radical (unpaired) electrons. The fraction of sp³-hybridized carbons (Fsp3) is 0.542. The van der Waals surface area contributed by atoms with Crippen molar-refractivity contribution in [3.8, 4) is 0 Å². The summed E-state index contributed by atoms with van der Waals surface area (Å²) in [5, 5.41) is 11.5. The maximum absolute atomic E-state index is 16.0. The number of nitrogens with zero attached hydrogens (tertiary/aromatic N) is 2. The highest BCUT2D eigenvalue weighted by atomic mass is 19.4. The second-order valence-electron chi connectivity index (χ2n) is 9.75. The Labute approximate surface area is 208 Å². The molecule has 4 rings (SSSR count). The van der Waals surface area contributed by atoms with Gasteiger partial charge in [0, 0.05) is 31.9 Å². The van der Waals surface area contributed by atoms with Crippen LogP contribution in [0.4, 0.5) is 33.3 Å². The molecule has 37 heavy (non-hydrogen) atoms. The fourth-order valence-electron chi connectivity index (χ4n) is 5.10. The lowest BCUT2D eigenvalue weighted by atomic mass is 9.93. The van der Waals surface area contributed by atoms with Crippen LogP contribution in [0.5, 0.6) is 0 Å². The number of carbonyl (C=O) groups is 2. The molecule has 202 valence electrons. The van der Waals surface area contributed by atoms with Crippen molar-refractivity contribution in [1.82, 2.24) is 9.88 Å². The zero-order chi connectivity index (χ0) is 27.4. The highest BCUT2D eigenvalue weighted by Gasteiger charge is 2.42. The van der Waals surface area contributed by atoms with Crippen LogP contribution in [0, 0.1) is 23.5 Å². The van der Waals surface area contributed by atoms with Gasteiger partial charge >= 0.3 is 12.1 Å². The number of Topliss-reactive ketones (excluding diaryl/α,β-unsaturated/α-hetero) is 1. The Morgan fingerprint density at radius 2 is 1.81 bits per heavy atom. The zero-order valence-corrected chi connectivity index (χ0v) is 20.2. The summed E-state index contributed by atoms with van der Waals surface area (Å²) in [6.45, 7) is 3.20. The Morgan fingerprint density at radius 3 is 2.35 bits per heavy atom. The highest BCUT2D eigenvalue weighted by Crippen LogP contribution is 2.43. The number of hydrogen-bond acceptors (Lipinski definition) is 6. The SMILES string of the molecule is CC[C@@H]1CN(c2c(F)c(N)c3c(=O)c(C(=O)O)cn(C4CC4)c3c2F)C[C@@H]1CNC(C)C(=O)C(F)(F)F. The Balaban J connectivity index is 1.72. The van der Waals surface area contributed by atoms with Gasteiger partial charge in [-0.2, -0.15) is 13.2 Å². The first-order valence-electron chi connectivity index (χ1n) is 12.0.